The Hall–Kier alpha value is -13.2. The van der Waals surface area contributed by atoms with Crippen molar-refractivity contribution in [2.45, 2.75) is 66.6 Å². The Bertz CT molecular complexity index is 5850. The summed E-state index contributed by atoms with van der Waals surface area (Å²) < 4.78 is 89.8. The molecule has 12 aromatic rings. The number of aryl methyl sites for hydroxylation is 5. The van der Waals surface area contributed by atoms with Crippen molar-refractivity contribution >= 4 is 79.0 Å². The highest BCUT2D eigenvalue weighted by molar-refractivity contribution is 6.06. The number of pyridine rings is 4. The van der Waals surface area contributed by atoms with Gasteiger partial charge in [-0.05, 0) is 187 Å². The second kappa shape index (κ2) is 38.5. The molecule has 0 atom stereocenters. The Morgan fingerprint density at radius 1 is 0.483 bits per heavy atom. The zero-order valence-electron chi connectivity index (χ0n) is 68.2. The van der Waals surface area contributed by atoms with Crippen LogP contribution in [0, 0.1) is 70.1 Å². The molecule has 2 aliphatic rings. The third-order valence-electron chi connectivity index (χ3n) is 20.9. The lowest BCUT2D eigenvalue weighted by Gasteiger charge is -2.33. The van der Waals surface area contributed by atoms with Crippen molar-refractivity contribution in [3.63, 3.8) is 0 Å². The van der Waals surface area contributed by atoms with Gasteiger partial charge < -0.3 is 52.6 Å². The summed E-state index contributed by atoms with van der Waals surface area (Å²) in [6.07, 6.45) is -4.07. The number of nitrogens with one attached hydrogen (secondary N) is 3. The number of nitrogen functional groups attached to an aromatic ring is 3. The molecule has 0 bridgehead atoms. The van der Waals surface area contributed by atoms with E-state index in [1.807, 2.05) is 170 Å². The van der Waals surface area contributed by atoms with E-state index in [1.54, 1.807) is 55.0 Å². The number of halogens is 6. The molecule has 120 heavy (non-hydrogen) atoms. The number of nitrogens with two attached hydrogens (primary N) is 3. The van der Waals surface area contributed by atoms with Crippen molar-refractivity contribution in [3.8, 4) is 41.3 Å². The summed E-state index contributed by atoms with van der Waals surface area (Å²) in [6, 6.07) is 48.7. The van der Waals surface area contributed by atoms with E-state index in [0.717, 1.165) is 122 Å². The van der Waals surface area contributed by atoms with Crippen molar-refractivity contribution in [3.05, 3.63) is 294 Å². The molecular weight excluding hydrogens is 1530 g/mol. The zero-order chi connectivity index (χ0) is 85.5. The minimum Gasteiger partial charge on any atom is -0.492 e. The van der Waals surface area contributed by atoms with E-state index in [4.69, 9.17) is 21.9 Å². The average molecular weight is 1620 g/mol. The number of carbonyl (C=O) groups is 3. The number of aromatic nitrogens is 4. The molecule has 19 nitrogen and oxygen atoms in total. The van der Waals surface area contributed by atoms with Crippen LogP contribution in [0.3, 0.4) is 0 Å². The number of alkyl halides is 6. The van der Waals surface area contributed by atoms with Crippen LogP contribution in [-0.2, 0) is 32.0 Å². The number of hydrogen-bond acceptors (Lipinski definition) is 16. The monoisotopic (exact) mass is 1620 g/mol. The summed E-state index contributed by atoms with van der Waals surface area (Å²) in [7, 11) is 8.02. The summed E-state index contributed by atoms with van der Waals surface area (Å²) >= 11 is 0. The number of hydrogen-bond donors (Lipinski definition) is 6. The Kier molecular flexibility index (Phi) is 27.6. The summed E-state index contributed by atoms with van der Waals surface area (Å²) in [6.45, 7) is 17.9. The third kappa shape index (κ3) is 22.3. The first-order valence-corrected chi connectivity index (χ1v) is 39.0. The Balaban J connectivity index is 0.000000166. The fraction of sp³-hybridized carbons (Fsp3) is 0.253. The van der Waals surface area contributed by atoms with E-state index < -0.39 is 35.3 Å². The molecule has 2 fully saturated rings. The van der Waals surface area contributed by atoms with Crippen LogP contribution in [0.5, 0.6) is 5.75 Å². The number of benzene rings is 8. The van der Waals surface area contributed by atoms with Gasteiger partial charge in [-0.2, -0.15) is 26.3 Å². The molecule has 2 aliphatic heterocycles. The lowest BCUT2D eigenvalue weighted by atomic mass is 10.0. The SMILES string of the molecule is Cc1ccc(C(=O)NCc2ccc(OCCN(C)C)cc2)cc1C#Cc1cnc(N)c2ncccc12.Cc1ccc(C(=O)Nc2ccc(CN3CCN(C)CC3)c(C(F)(F)F)c2)cc1C#Cc1c(N)nc(C)c2ccccc12.Cc1ccc2cnc(N)c(C#Cc3cc(C(=O)Nc4ccc(CN5CCN(C)CC5)c(C(F)(F)F)c4)ccc3C)c2c1. The highest BCUT2D eigenvalue weighted by Gasteiger charge is 2.36. The van der Waals surface area contributed by atoms with E-state index in [-0.39, 0.29) is 52.6 Å². The summed E-state index contributed by atoms with van der Waals surface area (Å²) in [5.74, 6) is 19.4. The lowest BCUT2D eigenvalue weighted by molar-refractivity contribution is -0.139. The molecule has 614 valence electrons. The molecule has 0 radical (unpaired) electrons. The Morgan fingerprint density at radius 3 is 1.49 bits per heavy atom. The molecule has 8 aromatic carbocycles. The van der Waals surface area contributed by atoms with Crippen LogP contribution < -0.4 is 37.9 Å². The molecule has 0 spiro atoms. The van der Waals surface area contributed by atoms with Gasteiger partial charge in [0.05, 0.1) is 27.8 Å². The fourth-order valence-electron chi connectivity index (χ4n) is 13.7. The predicted octanol–water partition coefficient (Wildman–Crippen LogP) is 15.5. The molecule has 9 N–H and O–H groups in total. The first-order valence-electron chi connectivity index (χ1n) is 39.0. The minimum atomic E-state index is -4.55. The smallest absolute Gasteiger partial charge is 0.416 e. The molecule has 4 aromatic heterocycles. The van der Waals surface area contributed by atoms with Gasteiger partial charge in [-0.25, -0.2) is 15.0 Å². The Morgan fingerprint density at radius 2 is 0.967 bits per heavy atom. The van der Waals surface area contributed by atoms with Crippen molar-refractivity contribution in [2.24, 2.45) is 0 Å². The maximum Gasteiger partial charge on any atom is 0.416 e. The third-order valence-corrected chi connectivity index (χ3v) is 20.9. The van der Waals surface area contributed by atoms with Crippen LogP contribution >= 0.6 is 0 Å². The predicted molar refractivity (Wildman–Crippen MR) is 463 cm³/mol. The van der Waals surface area contributed by atoms with E-state index in [9.17, 15) is 40.7 Å². The van der Waals surface area contributed by atoms with Crippen LogP contribution in [0.1, 0.15) is 120 Å². The van der Waals surface area contributed by atoms with E-state index in [0.29, 0.717) is 90.1 Å². The van der Waals surface area contributed by atoms with Gasteiger partial charge in [0, 0.05) is 175 Å². The normalized spacial score (nSPS) is 13.3. The number of anilines is 5. The maximum atomic E-state index is 14.0. The molecule has 14 rings (SSSR count). The lowest BCUT2D eigenvalue weighted by Crippen LogP contribution is -2.44. The van der Waals surface area contributed by atoms with Crippen molar-refractivity contribution in [1.29, 1.82) is 0 Å². The number of piperazine rings is 2. The molecule has 0 unspecified atom stereocenters. The van der Waals surface area contributed by atoms with Crippen molar-refractivity contribution in [1.82, 2.24) is 49.8 Å². The van der Waals surface area contributed by atoms with Crippen LogP contribution in [0.2, 0.25) is 0 Å². The molecule has 6 heterocycles. The first-order chi connectivity index (χ1) is 57.4. The molecule has 2 saturated heterocycles. The van der Waals surface area contributed by atoms with Gasteiger partial charge in [0.2, 0.25) is 0 Å². The van der Waals surface area contributed by atoms with Gasteiger partial charge in [0.1, 0.15) is 35.3 Å². The van der Waals surface area contributed by atoms with E-state index in [1.165, 1.54) is 24.3 Å². The number of likely N-dealkylation sites (N-methyl/N-ethyl adjacent to an activating group) is 3. The standard InChI is InChI=1S/2C33H32F3N5O.C29H29N5O2/c1-21-4-6-25-19-38-31(37)28(29(25)16-21)11-9-23-17-24(7-5-22(23)2)32(42)39-27-10-8-26(30(18-27)33(34,35)36)20-41-14-12-40(3)13-15-41;1-21-8-9-24(18-23(21)11-13-29-28-7-5-4-6-27(28)22(2)38-31(29)37)32(42)39-26-12-10-25(30(19-26)33(34,35)36)20-41-16-14-40(3)15-17-41;1-20-6-9-23(29(35)33-18-21-7-12-25(13-8-21)36-16-15-34(2)3)17-22(20)10-11-24-19-32-28(30)27-26(24)5-4-14-31-27/h4-8,10,16-19H,12-15,20H2,1-3H3,(H2,37,38)(H,39,42);4-10,12,18-19H,14-17,20H2,1-3H3,(H2,37,38)(H,39,42);4-9,12-14,17,19H,15-16,18H2,1-3H3,(H2,30,32)(H,33,35). The van der Waals surface area contributed by atoms with E-state index in [2.05, 4.69) is 86.1 Å². The van der Waals surface area contributed by atoms with Gasteiger partial charge in [0.25, 0.3) is 17.7 Å². The molecule has 3 amide bonds. The van der Waals surface area contributed by atoms with Gasteiger partial charge in [-0.1, -0.05) is 120 Å². The number of carbonyl (C=O) groups excluding carboxylic acids is 3. The quantitative estimate of drug-likeness (QED) is 0.0413. The van der Waals surface area contributed by atoms with Crippen molar-refractivity contribution < 1.29 is 45.5 Å². The van der Waals surface area contributed by atoms with E-state index >= 15 is 0 Å². The molecule has 0 saturated carbocycles. The highest BCUT2D eigenvalue weighted by atomic mass is 19.4. The average Bonchev–Trinajstić information content (AvgIpc) is 0.783. The number of rotatable bonds is 15. The maximum absolute atomic E-state index is 14.0. The summed E-state index contributed by atoms with van der Waals surface area (Å²) in [4.78, 5) is 66.7. The van der Waals surface area contributed by atoms with Crippen LogP contribution in [0.15, 0.2) is 188 Å². The number of ether oxygens (including phenoxy) is 1. The van der Waals surface area contributed by atoms with Gasteiger partial charge in [-0.15, -0.1) is 0 Å². The highest BCUT2D eigenvalue weighted by Crippen LogP contribution is 2.37. The van der Waals surface area contributed by atoms with Gasteiger partial charge >= 0.3 is 12.4 Å². The van der Waals surface area contributed by atoms with Crippen molar-refractivity contribution in [2.75, 3.05) is 122 Å². The largest absolute Gasteiger partial charge is 0.492 e. The summed E-state index contributed by atoms with van der Waals surface area (Å²) in [5, 5.41) is 12.7. The van der Waals surface area contributed by atoms with Gasteiger partial charge in [-0.3, -0.25) is 29.2 Å². The number of fused-ring (bicyclic) bond motifs is 3. The number of amides is 3. The second-order valence-electron chi connectivity index (χ2n) is 30.2. The topological polar surface area (TPSA) is 242 Å². The number of nitrogens with zero attached hydrogens (tertiary/aromatic N) is 9. The van der Waals surface area contributed by atoms with Crippen LogP contribution in [-0.4, -0.2) is 156 Å². The minimum absolute atomic E-state index is 0.0765. The molecule has 0 aliphatic carbocycles. The fourth-order valence-corrected chi connectivity index (χ4v) is 13.7. The molecular formula is C95H93F6N15O4. The summed E-state index contributed by atoms with van der Waals surface area (Å²) in [5.41, 5.74) is 28.5. The zero-order valence-corrected chi connectivity index (χ0v) is 68.2. The van der Waals surface area contributed by atoms with Crippen LogP contribution in [0.4, 0.5) is 55.2 Å². The van der Waals surface area contributed by atoms with Crippen LogP contribution in [0.25, 0.3) is 32.4 Å². The second-order valence-corrected chi connectivity index (χ2v) is 30.2. The van der Waals surface area contributed by atoms with Gasteiger partial charge in [0.15, 0.2) is 0 Å². The molecule has 25 heteroatoms. The first kappa shape index (κ1) is 86.2. The Labute approximate surface area is 694 Å².